The summed E-state index contributed by atoms with van der Waals surface area (Å²) < 4.78 is 17.6. The Kier molecular flexibility index (Phi) is 1.51. The molecular weight excluding hydrogens is 177 g/mol. The molecule has 0 fully saturated rings. The molecule has 0 radical (unpaired) electrons. The summed E-state index contributed by atoms with van der Waals surface area (Å²) in [7, 11) is 0. The zero-order valence-electron chi connectivity index (χ0n) is 6.32. The van der Waals surface area contributed by atoms with E-state index in [0.29, 0.717) is 0 Å². The second-order valence-electron chi connectivity index (χ2n) is 2.46. The summed E-state index contributed by atoms with van der Waals surface area (Å²) in [6, 6.07) is 2.01. The van der Waals surface area contributed by atoms with Crippen molar-refractivity contribution in [2.45, 2.75) is 0 Å². The van der Waals surface area contributed by atoms with E-state index < -0.39 is 11.8 Å². The molecule has 1 aromatic heterocycles. The molecule has 0 aliphatic heterocycles. The topological polar surface area (TPSA) is 63.3 Å². The van der Waals surface area contributed by atoms with Crippen molar-refractivity contribution in [2.24, 2.45) is 0 Å². The maximum absolute atomic E-state index is 12.8. The van der Waals surface area contributed by atoms with Crippen LogP contribution in [0.15, 0.2) is 22.9 Å². The van der Waals surface area contributed by atoms with Crippen LogP contribution in [-0.4, -0.2) is 16.1 Å². The Balaban J connectivity index is 2.84. The number of aromatic carboxylic acids is 1. The fourth-order valence-electron chi connectivity index (χ4n) is 1.09. The van der Waals surface area contributed by atoms with Gasteiger partial charge in [-0.15, -0.1) is 0 Å². The molecule has 0 saturated heterocycles. The van der Waals surface area contributed by atoms with Crippen LogP contribution >= 0.6 is 0 Å². The Morgan fingerprint density at radius 2 is 2.31 bits per heavy atom. The van der Waals surface area contributed by atoms with Crippen molar-refractivity contribution in [3.8, 4) is 0 Å². The average molecular weight is 181 g/mol. The molecule has 0 unspecified atom stereocenters. The molecule has 1 N–H and O–H groups in total. The number of oxazole rings is 1. The van der Waals surface area contributed by atoms with Crippen LogP contribution in [0.4, 0.5) is 4.39 Å². The van der Waals surface area contributed by atoms with E-state index in [9.17, 15) is 9.18 Å². The lowest BCUT2D eigenvalue weighted by atomic mass is 10.2. The van der Waals surface area contributed by atoms with E-state index in [0.717, 1.165) is 18.5 Å². The molecule has 1 aromatic carbocycles. The number of hydrogen-bond acceptors (Lipinski definition) is 3. The van der Waals surface area contributed by atoms with E-state index in [1.54, 1.807) is 0 Å². The van der Waals surface area contributed by atoms with Gasteiger partial charge in [-0.1, -0.05) is 0 Å². The minimum absolute atomic E-state index is 0.0916. The lowest BCUT2D eigenvalue weighted by molar-refractivity contribution is 0.0697. The molecule has 4 nitrogen and oxygen atoms in total. The van der Waals surface area contributed by atoms with Crippen LogP contribution in [0.3, 0.4) is 0 Å². The fraction of sp³-hybridized carbons (Fsp3) is 0. The Bertz CT molecular complexity index is 477. The van der Waals surface area contributed by atoms with Crippen LogP contribution < -0.4 is 0 Å². The van der Waals surface area contributed by atoms with Gasteiger partial charge in [-0.25, -0.2) is 14.2 Å². The predicted molar refractivity (Wildman–Crippen MR) is 40.9 cm³/mol. The number of fused-ring (bicyclic) bond motifs is 1. The van der Waals surface area contributed by atoms with Crippen molar-refractivity contribution < 1.29 is 18.7 Å². The minimum Gasteiger partial charge on any atom is -0.478 e. The number of carboxylic acids is 1. The first kappa shape index (κ1) is 7.72. The molecule has 1 heterocycles. The van der Waals surface area contributed by atoms with Gasteiger partial charge in [-0.3, -0.25) is 0 Å². The Morgan fingerprint density at radius 3 is 3.00 bits per heavy atom. The molecule has 13 heavy (non-hydrogen) atoms. The quantitative estimate of drug-likeness (QED) is 0.726. The third-order valence-corrected chi connectivity index (χ3v) is 1.63. The summed E-state index contributed by atoms with van der Waals surface area (Å²) in [5.74, 6) is -1.87. The van der Waals surface area contributed by atoms with Crippen LogP contribution in [0, 0.1) is 5.82 Å². The molecule has 0 aliphatic rings. The van der Waals surface area contributed by atoms with Gasteiger partial charge in [-0.05, 0) is 6.07 Å². The number of benzene rings is 1. The second-order valence-corrected chi connectivity index (χ2v) is 2.46. The molecule has 66 valence electrons. The van der Waals surface area contributed by atoms with Crippen molar-refractivity contribution in [1.82, 2.24) is 4.98 Å². The molecule has 0 spiro atoms. The first-order valence-corrected chi connectivity index (χ1v) is 3.44. The molecular formula is C8H4FNO3. The van der Waals surface area contributed by atoms with Gasteiger partial charge in [0.15, 0.2) is 12.0 Å². The molecule has 0 aliphatic carbocycles. The smallest absolute Gasteiger partial charge is 0.339 e. The number of aromatic nitrogens is 1. The number of nitrogens with zero attached hydrogens (tertiary/aromatic N) is 1. The van der Waals surface area contributed by atoms with Crippen molar-refractivity contribution in [2.75, 3.05) is 0 Å². The van der Waals surface area contributed by atoms with Gasteiger partial charge < -0.3 is 9.52 Å². The van der Waals surface area contributed by atoms with Crippen molar-refractivity contribution in [1.29, 1.82) is 0 Å². The third kappa shape index (κ3) is 1.14. The summed E-state index contributed by atoms with van der Waals surface area (Å²) in [6.07, 6.45) is 1.08. The molecule has 0 bridgehead atoms. The summed E-state index contributed by atoms with van der Waals surface area (Å²) >= 11 is 0. The fourth-order valence-corrected chi connectivity index (χ4v) is 1.09. The maximum Gasteiger partial charge on any atom is 0.339 e. The van der Waals surface area contributed by atoms with Crippen LogP contribution in [-0.2, 0) is 0 Å². The van der Waals surface area contributed by atoms with Gasteiger partial charge in [0.2, 0.25) is 0 Å². The highest BCUT2D eigenvalue weighted by Crippen LogP contribution is 2.19. The van der Waals surface area contributed by atoms with Gasteiger partial charge >= 0.3 is 5.97 Å². The number of carbonyl (C=O) groups is 1. The highest BCUT2D eigenvalue weighted by molar-refractivity contribution is 5.99. The van der Waals surface area contributed by atoms with E-state index in [1.165, 1.54) is 0 Å². The van der Waals surface area contributed by atoms with Crippen LogP contribution in [0.25, 0.3) is 11.1 Å². The molecule has 0 amide bonds. The summed E-state index contributed by atoms with van der Waals surface area (Å²) in [5.41, 5.74) is 0.0822. The van der Waals surface area contributed by atoms with Crippen molar-refractivity contribution in [3.63, 3.8) is 0 Å². The second kappa shape index (κ2) is 2.55. The normalized spacial score (nSPS) is 10.5. The first-order chi connectivity index (χ1) is 6.18. The van der Waals surface area contributed by atoms with E-state index in [2.05, 4.69) is 4.98 Å². The van der Waals surface area contributed by atoms with Crippen LogP contribution in [0.1, 0.15) is 10.4 Å². The van der Waals surface area contributed by atoms with E-state index >= 15 is 0 Å². The molecule has 5 heteroatoms. The summed E-state index contributed by atoms with van der Waals surface area (Å²) in [6.45, 7) is 0. The zero-order valence-corrected chi connectivity index (χ0v) is 6.32. The summed E-state index contributed by atoms with van der Waals surface area (Å²) in [5, 5.41) is 8.67. The standard InChI is InChI=1S/C8H4FNO3/c9-4-1-5(8(11)12)7-6(2-4)10-3-13-7/h1-3H,(H,11,12). The van der Waals surface area contributed by atoms with Crippen LogP contribution in [0.5, 0.6) is 0 Å². The van der Waals surface area contributed by atoms with Crippen molar-refractivity contribution in [3.05, 3.63) is 29.9 Å². The summed E-state index contributed by atoms with van der Waals surface area (Å²) in [4.78, 5) is 14.3. The van der Waals surface area contributed by atoms with Gasteiger partial charge in [-0.2, -0.15) is 0 Å². The van der Waals surface area contributed by atoms with Gasteiger partial charge in [0, 0.05) is 6.07 Å². The Morgan fingerprint density at radius 1 is 1.54 bits per heavy atom. The number of halogens is 1. The zero-order chi connectivity index (χ0) is 9.42. The van der Waals surface area contributed by atoms with Gasteiger partial charge in [0.25, 0.3) is 0 Å². The lowest BCUT2D eigenvalue weighted by Gasteiger charge is -1.94. The largest absolute Gasteiger partial charge is 0.478 e. The molecule has 0 saturated carbocycles. The Labute approximate surface area is 71.6 Å². The van der Waals surface area contributed by atoms with Gasteiger partial charge in [0.05, 0.1) is 0 Å². The SMILES string of the molecule is O=C(O)c1cc(F)cc2ncoc12. The molecule has 0 atom stereocenters. The highest BCUT2D eigenvalue weighted by Gasteiger charge is 2.13. The molecule has 2 aromatic rings. The number of hydrogen-bond donors (Lipinski definition) is 1. The highest BCUT2D eigenvalue weighted by atomic mass is 19.1. The van der Waals surface area contributed by atoms with Crippen molar-refractivity contribution >= 4 is 17.1 Å². The van der Waals surface area contributed by atoms with E-state index in [-0.39, 0.29) is 16.7 Å². The predicted octanol–water partition coefficient (Wildman–Crippen LogP) is 1.67. The Hall–Kier alpha value is -1.91. The maximum atomic E-state index is 12.8. The lowest BCUT2D eigenvalue weighted by Crippen LogP contribution is -1.97. The number of rotatable bonds is 1. The van der Waals surface area contributed by atoms with Gasteiger partial charge in [0.1, 0.15) is 16.9 Å². The molecule has 2 rings (SSSR count). The minimum atomic E-state index is -1.23. The van der Waals surface area contributed by atoms with Crippen LogP contribution in [0.2, 0.25) is 0 Å². The third-order valence-electron chi connectivity index (χ3n) is 1.63. The first-order valence-electron chi connectivity index (χ1n) is 3.44. The number of carboxylic acid groups (broad SMARTS) is 1. The average Bonchev–Trinajstić information content (AvgIpc) is 2.49. The monoisotopic (exact) mass is 181 g/mol. The van der Waals surface area contributed by atoms with E-state index in [4.69, 9.17) is 9.52 Å². The van der Waals surface area contributed by atoms with E-state index in [1.807, 2.05) is 0 Å².